The Morgan fingerprint density at radius 2 is 1.74 bits per heavy atom. The van der Waals surface area contributed by atoms with Gasteiger partial charge in [0.2, 0.25) is 0 Å². The lowest BCUT2D eigenvalue weighted by molar-refractivity contribution is 0.254. The van der Waals surface area contributed by atoms with E-state index in [2.05, 4.69) is 15.7 Å². The van der Waals surface area contributed by atoms with E-state index in [1.54, 1.807) is 48.5 Å². The number of aromatic nitrogens is 2. The van der Waals surface area contributed by atoms with Crippen LogP contribution in [0.4, 0.5) is 10.6 Å². The molecule has 7 heteroatoms. The van der Waals surface area contributed by atoms with Crippen molar-refractivity contribution < 1.29 is 4.79 Å². The van der Waals surface area contributed by atoms with Crippen molar-refractivity contribution >= 4 is 34.2 Å². The summed E-state index contributed by atoms with van der Waals surface area (Å²) in [6, 6.07) is 13.3. The molecule has 2 amide bonds. The van der Waals surface area contributed by atoms with E-state index >= 15 is 0 Å². The number of halogens is 1. The molecule has 0 radical (unpaired) electrons. The highest BCUT2D eigenvalue weighted by Gasteiger charge is 2.13. The van der Waals surface area contributed by atoms with Gasteiger partial charge < -0.3 is 5.32 Å². The van der Waals surface area contributed by atoms with Crippen LogP contribution in [0.5, 0.6) is 0 Å². The lowest BCUT2D eigenvalue weighted by atomic mass is 10.2. The van der Waals surface area contributed by atoms with Crippen LogP contribution in [-0.2, 0) is 0 Å². The molecule has 2 N–H and O–H groups in total. The summed E-state index contributed by atoms with van der Waals surface area (Å²) in [5, 5.41) is 11.0. The summed E-state index contributed by atoms with van der Waals surface area (Å²) in [4.78, 5) is 24.3. The number of carbonyl (C=O) groups excluding carboxylic acids is 1. The fraction of sp³-hybridized carbons (Fsp3) is 0.0625. The van der Waals surface area contributed by atoms with Crippen LogP contribution < -0.4 is 16.2 Å². The van der Waals surface area contributed by atoms with Gasteiger partial charge in [-0.25, -0.2) is 4.79 Å². The number of benzene rings is 2. The standard InChI is InChI=1S/C16H13ClN4O2/c1-18-16(23)19-14-12-4-2-3-5-13(12)15(22)21(20-14)11-8-6-10(17)7-9-11/h2-9H,1H3,(H2,18,19,20,23). The minimum atomic E-state index is -0.413. The molecule has 0 fully saturated rings. The number of anilines is 1. The Morgan fingerprint density at radius 1 is 1.09 bits per heavy atom. The first-order valence-electron chi connectivity index (χ1n) is 6.87. The van der Waals surface area contributed by atoms with Gasteiger partial charge in [-0.2, -0.15) is 4.68 Å². The maximum Gasteiger partial charge on any atom is 0.320 e. The van der Waals surface area contributed by atoms with Crippen molar-refractivity contribution in [3.63, 3.8) is 0 Å². The topological polar surface area (TPSA) is 76.0 Å². The summed E-state index contributed by atoms with van der Waals surface area (Å²) in [7, 11) is 1.51. The quantitative estimate of drug-likeness (QED) is 0.759. The third kappa shape index (κ3) is 2.89. The van der Waals surface area contributed by atoms with Crippen LogP contribution in [0.25, 0.3) is 16.5 Å². The SMILES string of the molecule is CNC(=O)Nc1nn(-c2ccc(Cl)cc2)c(=O)c2ccccc12. The van der Waals surface area contributed by atoms with Crippen LogP contribution in [0.1, 0.15) is 0 Å². The number of fused-ring (bicyclic) bond motifs is 1. The molecule has 0 atom stereocenters. The lowest BCUT2D eigenvalue weighted by Gasteiger charge is -2.11. The number of nitrogens with zero attached hydrogens (tertiary/aromatic N) is 2. The highest BCUT2D eigenvalue weighted by Crippen LogP contribution is 2.19. The van der Waals surface area contributed by atoms with Crippen molar-refractivity contribution in [1.82, 2.24) is 15.1 Å². The lowest BCUT2D eigenvalue weighted by Crippen LogP contribution is -2.28. The average molecular weight is 329 g/mol. The van der Waals surface area contributed by atoms with E-state index in [0.29, 0.717) is 27.3 Å². The molecule has 3 rings (SSSR count). The average Bonchev–Trinajstić information content (AvgIpc) is 2.58. The predicted molar refractivity (Wildman–Crippen MR) is 90.4 cm³/mol. The molecule has 0 aliphatic rings. The number of rotatable bonds is 2. The van der Waals surface area contributed by atoms with Gasteiger partial charge in [-0.15, -0.1) is 5.10 Å². The van der Waals surface area contributed by atoms with Crippen molar-refractivity contribution in [1.29, 1.82) is 0 Å². The number of carbonyl (C=O) groups is 1. The van der Waals surface area contributed by atoms with Crippen molar-refractivity contribution in [2.24, 2.45) is 0 Å². The monoisotopic (exact) mass is 328 g/mol. The smallest absolute Gasteiger partial charge is 0.320 e. The fourth-order valence-electron chi connectivity index (χ4n) is 2.21. The Hall–Kier alpha value is -2.86. The molecule has 0 unspecified atom stereocenters. The van der Waals surface area contributed by atoms with Crippen LogP contribution in [0.2, 0.25) is 5.02 Å². The minimum absolute atomic E-state index is 0.273. The van der Waals surface area contributed by atoms with Gasteiger partial charge in [-0.1, -0.05) is 29.8 Å². The van der Waals surface area contributed by atoms with Gasteiger partial charge in [0.05, 0.1) is 11.1 Å². The van der Waals surface area contributed by atoms with Gasteiger partial charge in [0.15, 0.2) is 5.82 Å². The Bertz CT molecular complexity index is 935. The normalized spacial score (nSPS) is 10.5. The summed E-state index contributed by atoms with van der Waals surface area (Å²) in [6.45, 7) is 0. The second-order valence-corrected chi connectivity index (χ2v) is 5.23. The molecule has 1 aromatic heterocycles. The number of urea groups is 1. The highest BCUT2D eigenvalue weighted by molar-refractivity contribution is 6.30. The second-order valence-electron chi connectivity index (χ2n) is 4.79. The summed E-state index contributed by atoms with van der Waals surface area (Å²) < 4.78 is 1.24. The van der Waals surface area contributed by atoms with E-state index in [1.165, 1.54) is 11.7 Å². The van der Waals surface area contributed by atoms with E-state index in [9.17, 15) is 9.59 Å². The van der Waals surface area contributed by atoms with E-state index in [0.717, 1.165) is 0 Å². The van der Waals surface area contributed by atoms with E-state index in [1.807, 2.05) is 0 Å². The molecule has 23 heavy (non-hydrogen) atoms. The van der Waals surface area contributed by atoms with Gasteiger partial charge in [0.1, 0.15) is 0 Å². The van der Waals surface area contributed by atoms with Crippen molar-refractivity contribution in [2.75, 3.05) is 12.4 Å². The maximum atomic E-state index is 12.7. The molecule has 0 aliphatic carbocycles. The first-order valence-corrected chi connectivity index (χ1v) is 7.24. The predicted octanol–water partition coefficient (Wildman–Crippen LogP) is 2.79. The molecule has 3 aromatic rings. The molecule has 0 aliphatic heterocycles. The molecule has 0 saturated heterocycles. The molecule has 0 spiro atoms. The molecule has 2 aromatic carbocycles. The van der Waals surface area contributed by atoms with Crippen molar-refractivity contribution in [3.8, 4) is 5.69 Å². The summed E-state index contributed by atoms with van der Waals surface area (Å²) >= 11 is 5.88. The van der Waals surface area contributed by atoms with Gasteiger partial charge in [-0.3, -0.25) is 10.1 Å². The maximum absolute atomic E-state index is 12.7. The largest absolute Gasteiger partial charge is 0.341 e. The van der Waals surface area contributed by atoms with E-state index < -0.39 is 6.03 Å². The summed E-state index contributed by atoms with van der Waals surface area (Å²) in [5.41, 5.74) is 0.287. The zero-order valence-electron chi connectivity index (χ0n) is 12.2. The summed E-state index contributed by atoms with van der Waals surface area (Å²) in [6.07, 6.45) is 0. The van der Waals surface area contributed by atoms with E-state index in [4.69, 9.17) is 11.6 Å². The Labute approximate surface area is 136 Å². The van der Waals surface area contributed by atoms with Gasteiger partial charge in [0.25, 0.3) is 5.56 Å². The van der Waals surface area contributed by atoms with Gasteiger partial charge >= 0.3 is 6.03 Å². The Morgan fingerprint density at radius 3 is 2.39 bits per heavy atom. The number of amides is 2. The van der Waals surface area contributed by atoms with Crippen LogP contribution in [-0.4, -0.2) is 22.9 Å². The van der Waals surface area contributed by atoms with Crippen LogP contribution in [0, 0.1) is 0 Å². The number of nitrogens with one attached hydrogen (secondary N) is 2. The van der Waals surface area contributed by atoms with Crippen molar-refractivity contribution in [3.05, 3.63) is 63.9 Å². The molecule has 6 nitrogen and oxygen atoms in total. The Balaban J connectivity index is 2.26. The molecule has 116 valence electrons. The molecular formula is C16H13ClN4O2. The van der Waals surface area contributed by atoms with Gasteiger partial charge in [-0.05, 0) is 30.3 Å². The number of hydrogen-bond donors (Lipinski definition) is 2. The van der Waals surface area contributed by atoms with Crippen molar-refractivity contribution in [2.45, 2.75) is 0 Å². The molecule has 0 bridgehead atoms. The van der Waals surface area contributed by atoms with Crippen LogP contribution in [0.3, 0.4) is 0 Å². The Kier molecular flexibility index (Phi) is 3.99. The van der Waals surface area contributed by atoms with Gasteiger partial charge in [0, 0.05) is 17.5 Å². The number of hydrogen-bond acceptors (Lipinski definition) is 3. The van der Waals surface area contributed by atoms with E-state index in [-0.39, 0.29) is 5.56 Å². The third-order valence-electron chi connectivity index (χ3n) is 3.34. The zero-order chi connectivity index (χ0) is 16.4. The zero-order valence-corrected chi connectivity index (χ0v) is 13.0. The van der Waals surface area contributed by atoms with Crippen LogP contribution >= 0.6 is 11.6 Å². The minimum Gasteiger partial charge on any atom is -0.341 e. The second kappa shape index (κ2) is 6.10. The first-order chi connectivity index (χ1) is 11.1. The fourth-order valence-corrected chi connectivity index (χ4v) is 2.34. The third-order valence-corrected chi connectivity index (χ3v) is 3.59. The van der Waals surface area contributed by atoms with Crippen LogP contribution in [0.15, 0.2) is 53.3 Å². The molecule has 1 heterocycles. The first kappa shape index (κ1) is 15.1. The molecular weight excluding hydrogens is 316 g/mol. The summed E-state index contributed by atoms with van der Waals surface area (Å²) in [5.74, 6) is 0.300. The highest BCUT2D eigenvalue weighted by atomic mass is 35.5. The molecule has 0 saturated carbocycles.